The first kappa shape index (κ1) is 15.7. The molecule has 1 aliphatic carbocycles. The van der Waals surface area contributed by atoms with E-state index in [1.165, 1.54) is 6.42 Å². The number of nitrogens with zero attached hydrogens (tertiary/aromatic N) is 2. The first-order valence-corrected chi connectivity index (χ1v) is 8.69. The largest absolute Gasteiger partial charge is 0.339 e. The Hall–Kier alpha value is -1.14. The van der Waals surface area contributed by atoms with Gasteiger partial charge in [-0.05, 0) is 25.7 Å². The summed E-state index contributed by atoms with van der Waals surface area (Å²) in [4.78, 5) is 28.8. The normalized spacial score (nSPS) is 29.5. The lowest BCUT2D eigenvalue weighted by molar-refractivity contribution is -0.144. The highest BCUT2D eigenvalue weighted by atomic mass is 16.2. The molecule has 2 amide bonds. The SMILES string of the molecule is NC1(C(=O)N2CCCC(N3CCNCC3=O)C2)CCCCC1. The molecule has 0 aromatic heterocycles. The third kappa shape index (κ3) is 3.13. The van der Waals surface area contributed by atoms with Crippen molar-refractivity contribution in [1.29, 1.82) is 0 Å². The average Bonchev–Trinajstić information content (AvgIpc) is 2.55. The van der Waals surface area contributed by atoms with E-state index in [9.17, 15) is 9.59 Å². The fourth-order valence-corrected chi connectivity index (χ4v) is 4.11. The molecular formula is C16H28N4O2. The minimum Gasteiger partial charge on any atom is -0.339 e. The molecule has 6 nitrogen and oxygen atoms in total. The molecule has 0 aromatic rings. The van der Waals surface area contributed by atoms with Gasteiger partial charge in [-0.1, -0.05) is 19.3 Å². The maximum Gasteiger partial charge on any atom is 0.242 e. The molecule has 3 aliphatic rings. The van der Waals surface area contributed by atoms with Crippen LogP contribution in [0, 0.1) is 0 Å². The van der Waals surface area contributed by atoms with Gasteiger partial charge in [0.15, 0.2) is 0 Å². The summed E-state index contributed by atoms with van der Waals surface area (Å²) in [6, 6.07) is 0.166. The van der Waals surface area contributed by atoms with Gasteiger partial charge in [0.1, 0.15) is 0 Å². The van der Waals surface area contributed by atoms with Gasteiger partial charge in [0.2, 0.25) is 11.8 Å². The fourth-order valence-electron chi connectivity index (χ4n) is 4.11. The van der Waals surface area contributed by atoms with Crippen LogP contribution in [-0.4, -0.2) is 65.9 Å². The number of hydrogen-bond donors (Lipinski definition) is 2. The molecule has 0 bridgehead atoms. The smallest absolute Gasteiger partial charge is 0.242 e. The zero-order valence-electron chi connectivity index (χ0n) is 13.4. The highest BCUT2D eigenvalue weighted by molar-refractivity contribution is 5.86. The molecule has 3 rings (SSSR count). The Morgan fingerprint density at radius 2 is 1.95 bits per heavy atom. The van der Waals surface area contributed by atoms with E-state index in [0.29, 0.717) is 13.1 Å². The second-order valence-electron chi connectivity index (χ2n) is 7.03. The third-order valence-corrected chi connectivity index (χ3v) is 5.42. The number of rotatable bonds is 2. The molecule has 2 saturated heterocycles. The molecule has 2 aliphatic heterocycles. The number of hydrogen-bond acceptors (Lipinski definition) is 4. The van der Waals surface area contributed by atoms with E-state index < -0.39 is 5.54 Å². The van der Waals surface area contributed by atoms with Crippen molar-refractivity contribution in [3.8, 4) is 0 Å². The quantitative estimate of drug-likeness (QED) is 0.757. The first-order valence-electron chi connectivity index (χ1n) is 8.69. The van der Waals surface area contributed by atoms with Crippen LogP contribution in [0.15, 0.2) is 0 Å². The summed E-state index contributed by atoms with van der Waals surface area (Å²) in [7, 11) is 0. The highest BCUT2D eigenvalue weighted by Gasteiger charge is 2.40. The minimum absolute atomic E-state index is 0.111. The van der Waals surface area contributed by atoms with Gasteiger partial charge in [-0.25, -0.2) is 0 Å². The number of carbonyl (C=O) groups is 2. The molecule has 0 aromatic carbocycles. The van der Waals surface area contributed by atoms with E-state index in [1.54, 1.807) is 0 Å². The molecule has 6 heteroatoms. The molecule has 1 unspecified atom stereocenters. The summed E-state index contributed by atoms with van der Waals surface area (Å²) in [5, 5.41) is 3.10. The minimum atomic E-state index is -0.659. The molecule has 0 spiro atoms. The van der Waals surface area contributed by atoms with Gasteiger partial charge >= 0.3 is 0 Å². The number of nitrogens with two attached hydrogens (primary N) is 1. The van der Waals surface area contributed by atoms with E-state index in [4.69, 9.17) is 5.73 Å². The van der Waals surface area contributed by atoms with Crippen LogP contribution in [0.5, 0.6) is 0 Å². The predicted molar refractivity (Wildman–Crippen MR) is 84.2 cm³/mol. The Balaban J connectivity index is 1.64. The van der Waals surface area contributed by atoms with Crippen LogP contribution in [-0.2, 0) is 9.59 Å². The second-order valence-corrected chi connectivity index (χ2v) is 7.03. The third-order valence-electron chi connectivity index (χ3n) is 5.42. The van der Waals surface area contributed by atoms with Crippen molar-refractivity contribution in [2.24, 2.45) is 5.73 Å². The number of carbonyl (C=O) groups excluding carboxylic acids is 2. The van der Waals surface area contributed by atoms with Gasteiger partial charge in [0, 0.05) is 32.2 Å². The van der Waals surface area contributed by atoms with Crippen LogP contribution in [0.1, 0.15) is 44.9 Å². The zero-order chi connectivity index (χ0) is 15.6. The lowest BCUT2D eigenvalue weighted by Gasteiger charge is -2.44. The Morgan fingerprint density at radius 1 is 1.18 bits per heavy atom. The molecule has 1 atom stereocenters. The molecule has 3 fully saturated rings. The van der Waals surface area contributed by atoms with Gasteiger partial charge < -0.3 is 20.9 Å². The van der Waals surface area contributed by atoms with E-state index in [2.05, 4.69) is 5.32 Å². The Bertz CT molecular complexity index is 434. The van der Waals surface area contributed by atoms with Gasteiger partial charge in [0.05, 0.1) is 12.1 Å². The predicted octanol–water partition coefficient (Wildman–Crippen LogP) is 0.0708. The lowest BCUT2D eigenvalue weighted by Crippen LogP contribution is -2.62. The Kier molecular flexibility index (Phi) is 4.68. The first-order chi connectivity index (χ1) is 10.6. The Morgan fingerprint density at radius 3 is 2.68 bits per heavy atom. The van der Waals surface area contributed by atoms with Crippen LogP contribution in [0.4, 0.5) is 0 Å². The molecule has 124 valence electrons. The van der Waals surface area contributed by atoms with Crippen molar-refractivity contribution < 1.29 is 9.59 Å². The van der Waals surface area contributed by atoms with E-state index >= 15 is 0 Å². The fraction of sp³-hybridized carbons (Fsp3) is 0.875. The molecular weight excluding hydrogens is 280 g/mol. The number of nitrogens with one attached hydrogen (secondary N) is 1. The van der Waals surface area contributed by atoms with E-state index in [1.807, 2.05) is 9.80 Å². The van der Waals surface area contributed by atoms with E-state index in [-0.39, 0.29) is 17.9 Å². The van der Waals surface area contributed by atoms with Crippen molar-refractivity contribution >= 4 is 11.8 Å². The summed E-state index contributed by atoms with van der Waals surface area (Å²) < 4.78 is 0. The summed E-state index contributed by atoms with van der Waals surface area (Å²) in [5.41, 5.74) is 5.74. The highest BCUT2D eigenvalue weighted by Crippen LogP contribution is 2.29. The second kappa shape index (κ2) is 6.54. The van der Waals surface area contributed by atoms with Gasteiger partial charge in [-0.15, -0.1) is 0 Å². The van der Waals surface area contributed by atoms with Crippen LogP contribution >= 0.6 is 0 Å². The van der Waals surface area contributed by atoms with Crippen molar-refractivity contribution in [2.45, 2.75) is 56.5 Å². The van der Waals surface area contributed by atoms with Crippen molar-refractivity contribution in [1.82, 2.24) is 15.1 Å². The molecule has 0 radical (unpaired) electrons. The number of piperazine rings is 1. The van der Waals surface area contributed by atoms with Crippen molar-refractivity contribution in [3.63, 3.8) is 0 Å². The summed E-state index contributed by atoms with van der Waals surface area (Å²) in [6.45, 7) is 3.46. The maximum absolute atomic E-state index is 12.9. The molecule has 3 N–H and O–H groups in total. The van der Waals surface area contributed by atoms with Crippen molar-refractivity contribution in [2.75, 3.05) is 32.7 Å². The van der Waals surface area contributed by atoms with Gasteiger partial charge in [-0.3, -0.25) is 9.59 Å². The average molecular weight is 308 g/mol. The molecule has 22 heavy (non-hydrogen) atoms. The number of likely N-dealkylation sites (tertiary alicyclic amines) is 1. The number of piperidine rings is 1. The van der Waals surface area contributed by atoms with Gasteiger partial charge in [-0.2, -0.15) is 0 Å². The summed E-state index contributed by atoms with van der Waals surface area (Å²) in [5.74, 6) is 0.269. The standard InChI is InChI=1S/C16H28N4O2/c17-16(6-2-1-3-7-16)15(22)19-9-4-5-13(12-19)20-10-8-18-11-14(20)21/h13,18H,1-12,17H2. The van der Waals surface area contributed by atoms with E-state index in [0.717, 1.165) is 58.2 Å². The van der Waals surface area contributed by atoms with Crippen LogP contribution in [0.25, 0.3) is 0 Å². The molecule has 1 saturated carbocycles. The number of amides is 2. The Labute approximate surface area is 132 Å². The monoisotopic (exact) mass is 308 g/mol. The van der Waals surface area contributed by atoms with Crippen LogP contribution < -0.4 is 11.1 Å². The zero-order valence-corrected chi connectivity index (χ0v) is 13.4. The summed E-state index contributed by atoms with van der Waals surface area (Å²) in [6.07, 6.45) is 6.85. The van der Waals surface area contributed by atoms with Gasteiger partial charge in [0.25, 0.3) is 0 Å². The lowest BCUT2D eigenvalue weighted by atomic mass is 9.81. The maximum atomic E-state index is 12.9. The summed E-state index contributed by atoms with van der Waals surface area (Å²) >= 11 is 0. The molecule has 2 heterocycles. The van der Waals surface area contributed by atoms with Crippen molar-refractivity contribution in [3.05, 3.63) is 0 Å². The topological polar surface area (TPSA) is 78.7 Å². The van der Waals surface area contributed by atoms with Crippen LogP contribution in [0.2, 0.25) is 0 Å². The van der Waals surface area contributed by atoms with Crippen LogP contribution in [0.3, 0.4) is 0 Å².